The molecule has 0 saturated carbocycles. The molecular weight excluding hydrogens is 312 g/mol. The Kier molecular flexibility index (Phi) is 8.21. The van der Waals surface area contributed by atoms with E-state index in [1.54, 1.807) is 7.05 Å². The highest BCUT2D eigenvalue weighted by Crippen LogP contribution is 2.16. The van der Waals surface area contributed by atoms with Crippen molar-refractivity contribution in [3.05, 3.63) is 34.9 Å². The first-order valence-corrected chi connectivity index (χ1v) is 8.65. The summed E-state index contributed by atoms with van der Waals surface area (Å²) >= 11 is 6.17. The molecule has 1 aromatic carbocycles. The van der Waals surface area contributed by atoms with Crippen LogP contribution in [0.25, 0.3) is 0 Å². The van der Waals surface area contributed by atoms with E-state index in [0.29, 0.717) is 0 Å². The van der Waals surface area contributed by atoms with Crippen LogP contribution in [0.4, 0.5) is 0 Å². The molecule has 0 aromatic heterocycles. The minimum atomic E-state index is 0.842. The lowest BCUT2D eigenvalue weighted by molar-refractivity contribution is 0.0389. The second kappa shape index (κ2) is 10.5. The highest BCUT2D eigenvalue weighted by atomic mass is 35.5. The monoisotopic (exact) mass is 338 g/mol. The van der Waals surface area contributed by atoms with E-state index in [-0.39, 0.29) is 0 Å². The van der Waals surface area contributed by atoms with Gasteiger partial charge in [-0.15, -0.1) is 0 Å². The van der Waals surface area contributed by atoms with Crippen molar-refractivity contribution in [1.82, 2.24) is 15.5 Å². The van der Waals surface area contributed by atoms with Gasteiger partial charge in [0.1, 0.15) is 0 Å². The Morgan fingerprint density at radius 1 is 1.22 bits per heavy atom. The number of benzene rings is 1. The van der Waals surface area contributed by atoms with Crippen LogP contribution < -0.4 is 10.6 Å². The zero-order chi connectivity index (χ0) is 16.3. The lowest BCUT2D eigenvalue weighted by Gasteiger charge is -2.26. The maximum atomic E-state index is 6.17. The Hall–Kier alpha value is -1.30. The molecule has 0 radical (unpaired) electrons. The molecule has 0 amide bonds. The summed E-state index contributed by atoms with van der Waals surface area (Å²) in [6, 6.07) is 8.01. The molecular formula is C17H27ClN4O. The second-order valence-corrected chi connectivity index (χ2v) is 5.98. The zero-order valence-electron chi connectivity index (χ0n) is 13.9. The third-order valence-electron chi connectivity index (χ3n) is 3.92. The van der Waals surface area contributed by atoms with Crippen molar-refractivity contribution in [2.75, 3.05) is 53.0 Å². The lowest BCUT2D eigenvalue weighted by atomic mass is 10.1. The van der Waals surface area contributed by atoms with Crippen molar-refractivity contribution in [3.63, 3.8) is 0 Å². The predicted molar refractivity (Wildman–Crippen MR) is 96.4 cm³/mol. The Morgan fingerprint density at radius 2 is 1.96 bits per heavy atom. The molecule has 128 valence electrons. The Bertz CT molecular complexity index is 489. The molecule has 6 heteroatoms. The summed E-state index contributed by atoms with van der Waals surface area (Å²) in [5.74, 6) is 0.859. The molecule has 1 heterocycles. The van der Waals surface area contributed by atoms with Gasteiger partial charge >= 0.3 is 0 Å². The summed E-state index contributed by atoms with van der Waals surface area (Å²) < 4.78 is 5.35. The molecule has 1 saturated heterocycles. The molecule has 0 bridgehead atoms. The molecule has 1 aliphatic rings. The van der Waals surface area contributed by atoms with Crippen molar-refractivity contribution in [1.29, 1.82) is 0 Å². The van der Waals surface area contributed by atoms with Crippen LogP contribution in [-0.2, 0) is 11.2 Å². The van der Waals surface area contributed by atoms with Gasteiger partial charge in [0.05, 0.1) is 13.2 Å². The molecule has 1 fully saturated rings. The number of morpholine rings is 1. The first-order valence-electron chi connectivity index (χ1n) is 8.27. The first kappa shape index (κ1) is 18.0. The number of halogens is 1. The van der Waals surface area contributed by atoms with Crippen LogP contribution in [0.5, 0.6) is 0 Å². The van der Waals surface area contributed by atoms with Crippen LogP contribution >= 0.6 is 11.6 Å². The van der Waals surface area contributed by atoms with E-state index in [1.165, 1.54) is 5.56 Å². The smallest absolute Gasteiger partial charge is 0.191 e. The SMILES string of the molecule is CN=C(NCCCc1ccccc1Cl)NCCN1CCOCC1. The second-order valence-electron chi connectivity index (χ2n) is 5.57. The van der Waals surface area contributed by atoms with E-state index < -0.39 is 0 Å². The Balaban J connectivity index is 1.58. The maximum absolute atomic E-state index is 6.17. The topological polar surface area (TPSA) is 48.9 Å². The number of guanidine groups is 1. The minimum Gasteiger partial charge on any atom is -0.379 e. The van der Waals surface area contributed by atoms with Gasteiger partial charge in [0, 0.05) is 44.8 Å². The lowest BCUT2D eigenvalue weighted by Crippen LogP contribution is -2.44. The van der Waals surface area contributed by atoms with Gasteiger partial charge in [0.15, 0.2) is 5.96 Å². The Labute approximate surface area is 144 Å². The summed E-state index contributed by atoms with van der Waals surface area (Å²) in [5.41, 5.74) is 1.20. The average molecular weight is 339 g/mol. The molecule has 23 heavy (non-hydrogen) atoms. The van der Waals surface area contributed by atoms with Gasteiger partial charge in [-0.2, -0.15) is 0 Å². The van der Waals surface area contributed by atoms with Crippen molar-refractivity contribution in [2.24, 2.45) is 4.99 Å². The van der Waals surface area contributed by atoms with Gasteiger partial charge in [-0.05, 0) is 24.5 Å². The summed E-state index contributed by atoms with van der Waals surface area (Å²) in [6.45, 7) is 6.51. The third kappa shape index (κ3) is 6.77. The number of nitrogens with one attached hydrogen (secondary N) is 2. The molecule has 1 aliphatic heterocycles. The molecule has 2 rings (SSSR count). The van der Waals surface area contributed by atoms with Crippen LogP contribution in [0, 0.1) is 0 Å². The van der Waals surface area contributed by atoms with Crippen molar-refractivity contribution in [2.45, 2.75) is 12.8 Å². The zero-order valence-corrected chi connectivity index (χ0v) is 14.6. The third-order valence-corrected chi connectivity index (χ3v) is 4.29. The molecule has 1 aromatic rings. The normalized spacial score (nSPS) is 16.3. The number of ether oxygens (including phenoxy) is 1. The number of rotatable bonds is 7. The van der Waals surface area contributed by atoms with Gasteiger partial charge in [0.25, 0.3) is 0 Å². The number of aliphatic imine (C=N–C) groups is 1. The fraction of sp³-hybridized carbons (Fsp3) is 0.588. The first-order chi connectivity index (χ1) is 11.3. The quantitative estimate of drug-likeness (QED) is 0.452. The predicted octanol–water partition coefficient (Wildman–Crippen LogP) is 1.77. The standard InChI is InChI=1S/C17H27ClN4O/c1-19-17(21-9-10-22-11-13-23-14-12-22)20-8-4-6-15-5-2-3-7-16(15)18/h2-3,5,7H,4,6,8-14H2,1H3,(H2,19,20,21). The van der Waals surface area contributed by atoms with E-state index in [4.69, 9.17) is 16.3 Å². The summed E-state index contributed by atoms with van der Waals surface area (Å²) in [7, 11) is 1.80. The van der Waals surface area contributed by atoms with Crippen LogP contribution in [0.2, 0.25) is 5.02 Å². The van der Waals surface area contributed by atoms with Crippen LogP contribution in [0.3, 0.4) is 0 Å². The highest BCUT2D eigenvalue weighted by molar-refractivity contribution is 6.31. The van der Waals surface area contributed by atoms with E-state index >= 15 is 0 Å². The van der Waals surface area contributed by atoms with E-state index in [0.717, 1.165) is 69.8 Å². The minimum absolute atomic E-state index is 0.842. The molecule has 0 atom stereocenters. The van der Waals surface area contributed by atoms with Gasteiger partial charge in [0.2, 0.25) is 0 Å². The highest BCUT2D eigenvalue weighted by Gasteiger charge is 2.09. The van der Waals surface area contributed by atoms with Gasteiger partial charge < -0.3 is 15.4 Å². The average Bonchev–Trinajstić information content (AvgIpc) is 2.59. The maximum Gasteiger partial charge on any atom is 0.191 e. The number of aryl methyl sites for hydroxylation is 1. The Morgan fingerprint density at radius 3 is 2.70 bits per heavy atom. The van der Waals surface area contributed by atoms with Crippen molar-refractivity contribution < 1.29 is 4.74 Å². The fourth-order valence-electron chi connectivity index (χ4n) is 2.56. The van der Waals surface area contributed by atoms with Gasteiger partial charge in [-0.3, -0.25) is 9.89 Å². The van der Waals surface area contributed by atoms with Crippen molar-refractivity contribution in [3.8, 4) is 0 Å². The van der Waals surface area contributed by atoms with Crippen LogP contribution in [0.1, 0.15) is 12.0 Å². The summed E-state index contributed by atoms with van der Waals surface area (Å²) in [5, 5.41) is 7.55. The molecule has 0 unspecified atom stereocenters. The molecule has 5 nitrogen and oxygen atoms in total. The largest absolute Gasteiger partial charge is 0.379 e. The van der Waals surface area contributed by atoms with Gasteiger partial charge in [-0.25, -0.2) is 0 Å². The molecule has 2 N–H and O–H groups in total. The van der Waals surface area contributed by atoms with Crippen LogP contribution in [-0.4, -0.2) is 63.8 Å². The fourth-order valence-corrected chi connectivity index (χ4v) is 2.79. The van der Waals surface area contributed by atoms with Crippen LogP contribution in [0.15, 0.2) is 29.3 Å². The van der Waals surface area contributed by atoms with E-state index in [1.807, 2.05) is 18.2 Å². The van der Waals surface area contributed by atoms with E-state index in [2.05, 4.69) is 26.6 Å². The number of hydrogen-bond acceptors (Lipinski definition) is 3. The number of nitrogens with zero attached hydrogens (tertiary/aromatic N) is 2. The summed E-state index contributed by atoms with van der Waals surface area (Å²) in [6.07, 6.45) is 1.99. The van der Waals surface area contributed by atoms with Gasteiger partial charge in [-0.1, -0.05) is 29.8 Å². The van der Waals surface area contributed by atoms with Crippen molar-refractivity contribution >= 4 is 17.6 Å². The molecule has 0 spiro atoms. The number of hydrogen-bond donors (Lipinski definition) is 2. The van der Waals surface area contributed by atoms with E-state index in [9.17, 15) is 0 Å². The molecule has 0 aliphatic carbocycles. The summed E-state index contributed by atoms with van der Waals surface area (Å²) in [4.78, 5) is 6.66.